The number of rotatable bonds is 5. The van der Waals surface area contributed by atoms with Gasteiger partial charge in [0.25, 0.3) is 0 Å². The van der Waals surface area contributed by atoms with Crippen LogP contribution in [-0.2, 0) is 40.5 Å². The molecule has 1 aromatic carbocycles. The molecule has 0 radical (unpaired) electrons. The molecule has 1 aromatic rings. The first-order valence-electron chi connectivity index (χ1n) is 6.63. The Balaban J connectivity index is -0.000000256. The van der Waals surface area contributed by atoms with Crippen LogP contribution >= 0.6 is 0 Å². The van der Waals surface area contributed by atoms with Crippen LogP contribution in [0.4, 0.5) is 0 Å². The summed E-state index contributed by atoms with van der Waals surface area (Å²) in [5.74, 6) is 0.177. The van der Waals surface area contributed by atoms with Gasteiger partial charge in [-0.05, 0) is 44.6 Å². The van der Waals surface area contributed by atoms with E-state index in [2.05, 4.69) is 58.6 Å². The van der Waals surface area contributed by atoms with E-state index in [1.54, 1.807) is 6.92 Å². The summed E-state index contributed by atoms with van der Waals surface area (Å²) in [5.41, 5.74) is 2.34. The molecule has 1 rings (SSSR count). The van der Waals surface area contributed by atoms with Crippen molar-refractivity contribution in [1.82, 2.24) is 0 Å². The Hall–Kier alpha value is -1.18. The number of hydrogen-bond acceptors (Lipinski definition) is 2. The van der Waals surface area contributed by atoms with E-state index in [-0.39, 0.29) is 29.2 Å². The molecule has 0 heterocycles. The number of Topliss-reactive ketones (excluding diaryl/α,β-unsaturated/α-hetero) is 1. The molecule has 0 aliphatic rings. The average molecular weight is 386 g/mol. The molecule has 0 N–H and O–H groups in total. The monoisotopic (exact) mass is 386 g/mol. The Labute approximate surface area is 156 Å². The third-order valence-electron chi connectivity index (χ3n) is 2.50. The van der Waals surface area contributed by atoms with Crippen LogP contribution in [0, 0.1) is 26.9 Å². The van der Waals surface area contributed by atoms with Crippen LogP contribution in [0.3, 0.4) is 0 Å². The van der Waals surface area contributed by atoms with Gasteiger partial charge >= 0.3 is 33.9 Å². The summed E-state index contributed by atoms with van der Waals surface area (Å²) >= 11 is 0. The molecule has 7 heteroatoms. The summed E-state index contributed by atoms with van der Waals surface area (Å²) in [6, 6.07) is 8.14. The standard InChI is InChI=1S/C14H22O2Si.3CO.Cr/c1-11-8-6-7-9-13(11)14(10-12(2)15)16-17(3,4)5;3*1-2;/h6-9,14H,10H2,1-5H3;;;;/t14-;;;;/m0..../s1. The number of ketones is 1. The van der Waals surface area contributed by atoms with E-state index in [4.69, 9.17) is 18.4 Å². The van der Waals surface area contributed by atoms with Crippen molar-refractivity contribution in [3.05, 3.63) is 55.3 Å². The zero-order valence-electron chi connectivity index (χ0n) is 14.5. The maximum Gasteiger partial charge on any atom is 0 e. The summed E-state index contributed by atoms with van der Waals surface area (Å²) in [5, 5.41) is 0. The fourth-order valence-corrected chi connectivity index (χ4v) is 2.91. The molecule has 0 bridgehead atoms. The van der Waals surface area contributed by atoms with Crippen LogP contribution in [0.15, 0.2) is 24.3 Å². The van der Waals surface area contributed by atoms with Crippen molar-refractivity contribution >= 4 is 14.1 Å². The molecule has 5 nitrogen and oxygen atoms in total. The fraction of sp³-hybridized carbons (Fsp3) is 0.412. The molecule has 0 saturated heterocycles. The van der Waals surface area contributed by atoms with Gasteiger partial charge < -0.3 is 4.43 Å². The Morgan fingerprint density at radius 1 is 1.08 bits per heavy atom. The fourth-order valence-electron chi connectivity index (χ4n) is 1.85. The number of hydrogen-bond donors (Lipinski definition) is 0. The number of carbonyl (C=O) groups is 1. The molecule has 0 aliphatic carbocycles. The van der Waals surface area contributed by atoms with Crippen molar-refractivity contribution in [2.45, 2.75) is 46.0 Å². The Kier molecular flexibility index (Phi) is 23.2. The predicted molar refractivity (Wildman–Crippen MR) is 85.4 cm³/mol. The van der Waals surface area contributed by atoms with Crippen molar-refractivity contribution in [3.8, 4) is 0 Å². The largest absolute Gasteiger partial charge is 0 e. The number of aryl methyl sites for hydroxylation is 1. The van der Waals surface area contributed by atoms with E-state index in [0.29, 0.717) is 6.42 Å². The minimum absolute atomic E-state index is 0. The first-order valence-corrected chi connectivity index (χ1v) is 10.0. The van der Waals surface area contributed by atoms with E-state index in [1.807, 2.05) is 12.1 Å². The minimum Gasteiger partial charge on any atom is 0 e. The van der Waals surface area contributed by atoms with Crippen LogP contribution in [-0.4, -0.2) is 14.1 Å². The van der Waals surface area contributed by atoms with Crippen LogP contribution in [0.25, 0.3) is 0 Å². The first-order chi connectivity index (χ1) is 10.8. The third kappa shape index (κ3) is 15.7. The number of carbonyl (C=O) groups excluding carboxylic acids is 1. The second-order valence-electron chi connectivity index (χ2n) is 5.48. The summed E-state index contributed by atoms with van der Waals surface area (Å²) in [7, 11) is -1.65. The third-order valence-corrected chi connectivity index (χ3v) is 3.50. The Bertz CT molecular complexity index is 503. The maximum absolute atomic E-state index is 11.4. The summed E-state index contributed by atoms with van der Waals surface area (Å²) < 4.78 is 28.6. The zero-order chi connectivity index (χ0) is 19.1. The minimum atomic E-state index is -1.65. The van der Waals surface area contributed by atoms with E-state index in [1.165, 1.54) is 5.56 Å². The Morgan fingerprint density at radius 3 is 1.83 bits per heavy atom. The van der Waals surface area contributed by atoms with Crippen LogP contribution < -0.4 is 0 Å². The summed E-state index contributed by atoms with van der Waals surface area (Å²) in [6.45, 7) is 23.6. The molecular formula is C17H22CrO5Si. The van der Waals surface area contributed by atoms with E-state index >= 15 is 0 Å². The van der Waals surface area contributed by atoms with Gasteiger partial charge in [0.2, 0.25) is 0 Å². The summed E-state index contributed by atoms with van der Waals surface area (Å²) in [4.78, 5) is 11.4. The van der Waals surface area contributed by atoms with Gasteiger partial charge in [-0.2, -0.15) is 0 Å². The molecule has 0 fully saturated rings. The summed E-state index contributed by atoms with van der Waals surface area (Å²) in [6.07, 6.45) is 0.384. The molecule has 0 aliphatic heterocycles. The molecule has 130 valence electrons. The average Bonchev–Trinajstić information content (AvgIpc) is 2.51. The molecule has 0 aromatic heterocycles. The van der Waals surface area contributed by atoms with Gasteiger partial charge in [-0.3, -0.25) is 4.79 Å². The van der Waals surface area contributed by atoms with Crippen molar-refractivity contribution in [2.24, 2.45) is 0 Å². The molecule has 0 amide bonds. The van der Waals surface area contributed by atoms with E-state index < -0.39 is 8.32 Å². The number of benzene rings is 1. The van der Waals surface area contributed by atoms with Gasteiger partial charge in [0.05, 0.1) is 6.10 Å². The van der Waals surface area contributed by atoms with Crippen LogP contribution in [0.1, 0.15) is 30.6 Å². The van der Waals surface area contributed by atoms with Crippen LogP contribution in [0.2, 0.25) is 19.6 Å². The molecular weight excluding hydrogens is 364 g/mol. The zero-order valence-corrected chi connectivity index (χ0v) is 16.8. The van der Waals surface area contributed by atoms with Crippen molar-refractivity contribution in [3.63, 3.8) is 0 Å². The van der Waals surface area contributed by atoms with Crippen LogP contribution in [0.5, 0.6) is 0 Å². The van der Waals surface area contributed by atoms with E-state index in [9.17, 15) is 4.79 Å². The first kappa shape index (κ1) is 30.7. The van der Waals surface area contributed by atoms with E-state index in [0.717, 1.165) is 5.56 Å². The van der Waals surface area contributed by atoms with Crippen molar-refractivity contribution in [1.29, 1.82) is 0 Å². The van der Waals surface area contributed by atoms with Gasteiger partial charge in [0.1, 0.15) is 5.78 Å². The Morgan fingerprint density at radius 2 is 1.50 bits per heavy atom. The molecule has 0 unspecified atom stereocenters. The van der Waals surface area contributed by atoms with Gasteiger partial charge in [-0.1, -0.05) is 24.3 Å². The molecule has 0 spiro atoms. The quantitative estimate of drug-likeness (QED) is 0.438. The molecule has 1 atom stereocenters. The second kappa shape index (κ2) is 18.2. The smallest absolute Gasteiger partial charge is 0 e. The normalized spacial score (nSPS) is 9.79. The van der Waals surface area contributed by atoms with Gasteiger partial charge in [0, 0.05) is 23.8 Å². The molecule has 0 saturated carbocycles. The maximum atomic E-state index is 11.4. The second-order valence-corrected chi connectivity index (χ2v) is 9.94. The topological polar surface area (TPSA) is 86.0 Å². The van der Waals surface area contributed by atoms with Crippen molar-refractivity contribution in [2.75, 3.05) is 0 Å². The molecule has 24 heavy (non-hydrogen) atoms. The predicted octanol–water partition coefficient (Wildman–Crippen LogP) is 3.75. The van der Waals surface area contributed by atoms with Gasteiger partial charge in [-0.15, -0.1) is 0 Å². The SMILES string of the molecule is CC(=O)C[C@H](O[Si](C)(C)C)c1ccccc1C.[C-]#[O+].[C-]#[O+].[C-]#[O+].[Cr]. The van der Waals surface area contributed by atoms with Gasteiger partial charge in [-0.25, -0.2) is 0 Å². The van der Waals surface area contributed by atoms with Crippen molar-refractivity contribution < 1.29 is 40.5 Å². The van der Waals surface area contributed by atoms with Gasteiger partial charge in [0.15, 0.2) is 8.32 Å².